The van der Waals surface area contributed by atoms with Gasteiger partial charge in [-0.05, 0) is 13.8 Å². The molecule has 2 unspecified atom stereocenters. The summed E-state index contributed by atoms with van der Waals surface area (Å²) in [7, 11) is 0. The van der Waals surface area contributed by atoms with Crippen molar-refractivity contribution in [2.24, 2.45) is 0 Å². The average Bonchev–Trinajstić information content (AvgIpc) is 2.29. The summed E-state index contributed by atoms with van der Waals surface area (Å²) in [6, 6.07) is 0. The molecule has 2 N–H and O–H groups in total. The van der Waals surface area contributed by atoms with Crippen LogP contribution in [0, 0.1) is 11.6 Å². The molecule has 24 heavy (non-hydrogen) atoms. The molecule has 0 bridgehead atoms. The van der Waals surface area contributed by atoms with Gasteiger partial charge in [-0.15, -0.1) is 0 Å². The minimum Gasteiger partial charge on any atom is -0.393 e. The fraction of sp³-hybridized carbons (Fsp3) is 0.583. The van der Waals surface area contributed by atoms with Crippen molar-refractivity contribution in [3.63, 3.8) is 0 Å². The fourth-order valence-electron chi connectivity index (χ4n) is 2.12. The van der Waals surface area contributed by atoms with Crippen LogP contribution in [-0.4, -0.2) is 27.4 Å². The number of hydrogen-bond acceptors (Lipinski definition) is 3. The van der Waals surface area contributed by atoms with E-state index in [9.17, 15) is 45.3 Å². The number of alkyl halides is 6. The van der Waals surface area contributed by atoms with Crippen LogP contribution in [0.5, 0.6) is 0 Å². The second-order valence-corrected chi connectivity index (χ2v) is 4.85. The van der Waals surface area contributed by atoms with E-state index in [-0.39, 0.29) is 17.1 Å². The zero-order valence-corrected chi connectivity index (χ0v) is 13.1. The largest absolute Gasteiger partial charge is 0.436 e. The van der Waals surface area contributed by atoms with Gasteiger partial charge in [0.1, 0.15) is 0 Å². The Labute approximate surface area is 141 Å². The summed E-state index contributed by atoms with van der Waals surface area (Å²) in [5.74, 6) is -6.87. The quantitative estimate of drug-likeness (QED) is 0.596. The molecule has 1 aromatic heterocycles. The van der Waals surface area contributed by atoms with Crippen molar-refractivity contribution in [1.82, 2.24) is 4.98 Å². The van der Waals surface area contributed by atoms with Crippen molar-refractivity contribution in [2.45, 2.75) is 44.3 Å². The predicted octanol–water partition coefficient (Wildman–Crippen LogP) is 3.24. The number of aliphatic hydroxyl groups is 2. The number of pyridine rings is 1. The summed E-state index contributed by atoms with van der Waals surface area (Å²) >= 11 is 0. The van der Waals surface area contributed by atoms with Gasteiger partial charge in [0.25, 0.3) is 0 Å². The van der Waals surface area contributed by atoms with Crippen LogP contribution >= 0.6 is 0 Å². The van der Waals surface area contributed by atoms with Gasteiger partial charge in [0.05, 0.1) is 12.2 Å². The van der Waals surface area contributed by atoms with Gasteiger partial charge in [-0.25, -0.2) is 13.8 Å². The van der Waals surface area contributed by atoms with Crippen molar-refractivity contribution in [2.75, 3.05) is 0 Å². The van der Waals surface area contributed by atoms with Gasteiger partial charge in [0.15, 0.2) is 23.0 Å². The van der Waals surface area contributed by atoms with E-state index in [1.54, 1.807) is 0 Å². The Bertz CT molecular complexity index is 540. The third-order valence-electron chi connectivity index (χ3n) is 3.02. The van der Waals surface area contributed by atoms with Gasteiger partial charge in [0, 0.05) is 28.6 Å². The molecule has 3 nitrogen and oxygen atoms in total. The molecular formula is C12H11F8FeNO2. The molecule has 12 heteroatoms. The van der Waals surface area contributed by atoms with E-state index in [0.29, 0.717) is 0 Å². The first-order valence-electron chi connectivity index (χ1n) is 6.09. The van der Waals surface area contributed by atoms with Crippen LogP contribution in [0.4, 0.5) is 35.1 Å². The number of halogens is 8. The molecule has 0 aliphatic rings. The Morgan fingerprint density at radius 2 is 1.08 bits per heavy atom. The maximum Gasteiger partial charge on any atom is 0.436 e. The summed E-state index contributed by atoms with van der Waals surface area (Å²) in [4.78, 5) is 2.01. The van der Waals surface area contributed by atoms with E-state index in [0.717, 1.165) is 13.8 Å². The van der Waals surface area contributed by atoms with Crippen LogP contribution in [0.25, 0.3) is 0 Å². The number of hydrogen-bond donors (Lipinski definition) is 2. The van der Waals surface area contributed by atoms with Crippen LogP contribution in [0.1, 0.15) is 36.7 Å². The third-order valence-corrected chi connectivity index (χ3v) is 3.02. The summed E-state index contributed by atoms with van der Waals surface area (Å²) in [6.45, 7) is 1.72. The Hall–Kier alpha value is -0.971. The number of nitrogens with zero attached hydrogens (tertiary/aromatic N) is 1. The minimum absolute atomic E-state index is 0. The molecule has 0 saturated heterocycles. The molecule has 0 amide bonds. The Balaban J connectivity index is 0.00000529. The minimum atomic E-state index is -5.63. The van der Waals surface area contributed by atoms with Gasteiger partial charge < -0.3 is 10.2 Å². The molecule has 0 saturated carbocycles. The first-order valence-corrected chi connectivity index (χ1v) is 6.09. The molecule has 1 heterocycles. The van der Waals surface area contributed by atoms with E-state index in [1.807, 2.05) is 4.98 Å². The Morgan fingerprint density at radius 3 is 1.29 bits per heavy atom. The average molecular weight is 409 g/mol. The van der Waals surface area contributed by atoms with Crippen LogP contribution in [0.15, 0.2) is 0 Å². The second kappa shape index (κ2) is 7.50. The standard InChI is InChI=1S/C12H11F8NO2.Fe/c1-3(22)5(4(2)23)6-7(13)9(11(15,16)17)21-10(8(6)14)12(18,19)20;/h3-5,22-23H,1-2H3;. The zero-order valence-electron chi connectivity index (χ0n) is 12.0. The van der Waals surface area contributed by atoms with Crippen LogP contribution in [-0.2, 0) is 29.4 Å². The molecule has 0 aliphatic heterocycles. The monoisotopic (exact) mass is 409 g/mol. The third kappa shape index (κ3) is 4.56. The molecule has 0 aliphatic carbocycles. The normalized spacial score (nSPS) is 16.3. The molecule has 0 fully saturated rings. The summed E-state index contributed by atoms with van der Waals surface area (Å²) < 4.78 is 104. The molecule has 0 radical (unpaired) electrons. The van der Waals surface area contributed by atoms with E-state index in [1.165, 1.54) is 0 Å². The van der Waals surface area contributed by atoms with Crippen molar-refractivity contribution in [1.29, 1.82) is 0 Å². The van der Waals surface area contributed by atoms with Gasteiger partial charge >= 0.3 is 12.4 Å². The summed E-state index contributed by atoms with van der Waals surface area (Å²) in [5, 5.41) is 18.8. The summed E-state index contributed by atoms with van der Waals surface area (Å²) in [5.41, 5.74) is -6.87. The molecule has 0 aromatic carbocycles. The van der Waals surface area contributed by atoms with Gasteiger partial charge in [0.2, 0.25) is 0 Å². The predicted molar refractivity (Wildman–Crippen MR) is 60.3 cm³/mol. The van der Waals surface area contributed by atoms with Crippen LogP contribution in [0.3, 0.4) is 0 Å². The number of rotatable bonds is 3. The summed E-state index contributed by atoms with van der Waals surface area (Å²) in [6.07, 6.45) is -14.9. The zero-order chi connectivity index (χ0) is 18.3. The van der Waals surface area contributed by atoms with E-state index in [4.69, 9.17) is 0 Å². The van der Waals surface area contributed by atoms with Crippen molar-refractivity contribution in [3.8, 4) is 0 Å². The van der Waals surface area contributed by atoms with E-state index >= 15 is 0 Å². The van der Waals surface area contributed by atoms with Gasteiger partial charge in [-0.2, -0.15) is 26.3 Å². The first kappa shape index (κ1) is 23.0. The number of aliphatic hydroxyl groups excluding tert-OH is 2. The van der Waals surface area contributed by atoms with Crippen molar-refractivity contribution < 1.29 is 62.4 Å². The smallest absolute Gasteiger partial charge is 0.393 e. The SMILES string of the molecule is CC(O)C(c1c(F)c(C(F)(F)F)nc(C(F)(F)F)c1F)C(C)O.[Fe]. The maximum absolute atomic E-state index is 14.0. The van der Waals surface area contributed by atoms with Crippen molar-refractivity contribution in [3.05, 3.63) is 28.6 Å². The van der Waals surface area contributed by atoms with E-state index in [2.05, 4.69) is 0 Å². The first-order chi connectivity index (χ1) is 10.2. The van der Waals surface area contributed by atoms with E-state index < -0.39 is 59.1 Å². The Kier molecular flexibility index (Phi) is 7.20. The number of aromatic nitrogens is 1. The second-order valence-electron chi connectivity index (χ2n) is 4.85. The van der Waals surface area contributed by atoms with Crippen molar-refractivity contribution >= 4 is 0 Å². The maximum atomic E-state index is 14.0. The van der Waals surface area contributed by atoms with Gasteiger partial charge in [-0.3, -0.25) is 0 Å². The fourth-order valence-corrected chi connectivity index (χ4v) is 2.12. The molecule has 1 rings (SSSR count). The molecule has 2 atom stereocenters. The Morgan fingerprint density at radius 1 is 0.792 bits per heavy atom. The molecule has 0 spiro atoms. The molecule has 140 valence electrons. The molecular weight excluding hydrogens is 398 g/mol. The topological polar surface area (TPSA) is 53.4 Å². The van der Waals surface area contributed by atoms with Crippen LogP contribution < -0.4 is 0 Å². The molecule has 1 aromatic rings. The van der Waals surface area contributed by atoms with Crippen LogP contribution in [0.2, 0.25) is 0 Å². The van der Waals surface area contributed by atoms with Gasteiger partial charge in [-0.1, -0.05) is 0 Å².